The van der Waals surface area contributed by atoms with E-state index < -0.39 is 0 Å². The molecule has 2 N–H and O–H groups in total. The van der Waals surface area contributed by atoms with Gasteiger partial charge in [-0.25, -0.2) is 9.66 Å². The molecule has 0 radical (unpaired) electrons. The number of imidazole rings is 1. The molecule has 1 aromatic heterocycles. The van der Waals surface area contributed by atoms with Crippen LogP contribution in [0.15, 0.2) is 66.7 Å². The van der Waals surface area contributed by atoms with Crippen molar-refractivity contribution in [2.45, 2.75) is 26.7 Å². The summed E-state index contributed by atoms with van der Waals surface area (Å²) in [5, 5.41) is 0. The van der Waals surface area contributed by atoms with Crippen LogP contribution in [-0.4, -0.2) is 9.66 Å². The third kappa shape index (κ3) is 2.86. The maximum absolute atomic E-state index is 6.07. The molecular weight excluding hydrogens is 318 g/mol. The van der Waals surface area contributed by atoms with Crippen molar-refractivity contribution >= 4 is 11.0 Å². The average Bonchev–Trinajstić information content (AvgIpc) is 2.95. The van der Waals surface area contributed by atoms with Gasteiger partial charge in [0, 0.05) is 0 Å². The summed E-state index contributed by atoms with van der Waals surface area (Å²) in [6, 6.07) is 23.7. The lowest BCUT2D eigenvalue weighted by atomic mass is 9.97. The lowest BCUT2D eigenvalue weighted by molar-refractivity contribution is 0.867. The zero-order valence-electron chi connectivity index (χ0n) is 15.4. The zero-order valence-corrected chi connectivity index (χ0v) is 15.4. The summed E-state index contributed by atoms with van der Waals surface area (Å²) in [4.78, 5) is 4.46. The van der Waals surface area contributed by atoms with Gasteiger partial charge in [-0.3, -0.25) is 0 Å². The second kappa shape index (κ2) is 6.34. The Kier molecular flexibility index (Phi) is 4.00. The van der Waals surface area contributed by atoms with Gasteiger partial charge >= 0.3 is 0 Å². The van der Waals surface area contributed by atoms with Gasteiger partial charge in [-0.2, -0.15) is 0 Å². The molecule has 0 unspecified atom stereocenters. The molecule has 0 amide bonds. The van der Waals surface area contributed by atoms with Gasteiger partial charge in [0.1, 0.15) is 5.82 Å². The van der Waals surface area contributed by atoms with Gasteiger partial charge in [-0.15, -0.1) is 0 Å². The highest BCUT2D eigenvalue weighted by molar-refractivity contribution is 5.83. The van der Waals surface area contributed by atoms with E-state index in [0.717, 1.165) is 22.4 Å². The summed E-state index contributed by atoms with van der Waals surface area (Å²) in [5.41, 5.74) is 8.03. The number of hydrogen-bond donors (Lipinski definition) is 1. The normalized spacial score (nSPS) is 11.4. The van der Waals surface area contributed by atoms with E-state index in [0.29, 0.717) is 5.92 Å². The van der Waals surface area contributed by atoms with Gasteiger partial charge in [-0.05, 0) is 52.8 Å². The number of nitrogen functional groups attached to an aromatic ring is 1. The Bertz CT molecular complexity index is 1060. The molecule has 0 spiro atoms. The van der Waals surface area contributed by atoms with Crippen LogP contribution in [0.2, 0.25) is 0 Å². The molecule has 0 aliphatic heterocycles. The smallest absolute Gasteiger partial charge is 0.125 e. The van der Waals surface area contributed by atoms with Crippen LogP contribution in [0.25, 0.3) is 33.3 Å². The average molecular weight is 341 g/mol. The van der Waals surface area contributed by atoms with E-state index >= 15 is 0 Å². The van der Waals surface area contributed by atoms with Crippen molar-refractivity contribution in [3.63, 3.8) is 0 Å². The third-order valence-corrected chi connectivity index (χ3v) is 4.99. The Balaban J connectivity index is 1.66. The highest BCUT2D eigenvalue weighted by atomic mass is 15.3. The SMILES string of the molecule is Cc1nc2ccc(-c3ccc(-c4ccc(C(C)C)cc4)cc3)cc2n1N. The summed E-state index contributed by atoms with van der Waals surface area (Å²) in [6.45, 7) is 6.35. The van der Waals surface area contributed by atoms with Crippen LogP contribution in [0.1, 0.15) is 31.2 Å². The van der Waals surface area contributed by atoms with Crippen molar-refractivity contribution < 1.29 is 0 Å². The van der Waals surface area contributed by atoms with Gasteiger partial charge in [0.2, 0.25) is 0 Å². The molecule has 0 bridgehead atoms. The van der Waals surface area contributed by atoms with Gasteiger partial charge in [-0.1, -0.05) is 68.4 Å². The van der Waals surface area contributed by atoms with E-state index in [2.05, 4.69) is 79.5 Å². The molecule has 26 heavy (non-hydrogen) atoms. The standard InChI is InChI=1S/C23H23N3/c1-15(2)17-4-6-18(7-5-17)19-8-10-20(11-9-19)21-12-13-22-23(14-21)26(24)16(3)25-22/h4-15H,24H2,1-3H3. The molecule has 0 saturated carbocycles. The molecular formula is C23H23N3. The van der Waals surface area contributed by atoms with Crippen molar-refractivity contribution in [3.05, 3.63) is 78.1 Å². The molecule has 4 rings (SSSR count). The Morgan fingerprint density at radius 2 is 1.27 bits per heavy atom. The number of aryl methyl sites for hydroxylation is 1. The lowest BCUT2D eigenvalue weighted by Gasteiger charge is -2.08. The van der Waals surface area contributed by atoms with E-state index in [1.54, 1.807) is 4.68 Å². The minimum atomic E-state index is 0.556. The van der Waals surface area contributed by atoms with Crippen molar-refractivity contribution in [2.24, 2.45) is 0 Å². The lowest BCUT2D eigenvalue weighted by Crippen LogP contribution is -2.09. The fourth-order valence-corrected chi connectivity index (χ4v) is 3.31. The monoisotopic (exact) mass is 341 g/mol. The molecule has 130 valence electrons. The molecule has 1 heterocycles. The molecule has 0 atom stereocenters. The van der Waals surface area contributed by atoms with Crippen molar-refractivity contribution in [1.29, 1.82) is 0 Å². The van der Waals surface area contributed by atoms with E-state index in [9.17, 15) is 0 Å². The van der Waals surface area contributed by atoms with Gasteiger partial charge in [0.15, 0.2) is 0 Å². The quantitative estimate of drug-likeness (QED) is 0.499. The second-order valence-corrected chi connectivity index (χ2v) is 7.09. The maximum atomic E-state index is 6.07. The van der Waals surface area contributed by atoms with Gasteiger partial charge in [0.05, 0.1) is 11.0 Å². The fourth-order valence-electron chi connectivity index (χ4n) is 3.31. The minimum Gasteiger partial charge on any atom is -0.337 e. The number of fused-ring (bicyclic) bond motifs is 1. The highest BCUT2D eigenvalue weighted by Crippen LogP contribution is 2.28. The Labute approximate surface area is 154 Å². The minimum absolute atomic E-state index is 0.556. The summed E-state index contributed by atoms with van der Waals surface area (Å²) in [5.74, 6) is 7.45. The number of hydrogen-bond acceptors (Lipinski definition) is 2. The van der Waals surface area contributed by atoms with Crippen molar-refractivity contribution in [3.8, 4) is 22.3 Å². The molecule has 0 aliphatic rings. The van der Waals surface area contributed by atoms with Crippen LogP contribution < -0.4 is 5.84 Å². The largest absolute Gasteiger partial charge is 0.337 e. The molecule has 3 nitrogen and oxygen atoms in total. The van der Waals surface area contributed by atoms with E-state index in [1.165, 1.54) is 22.3 Å². The maximum Gasteiger partial charge on any atom is 0.125 e. The van der Waals surface area contributed by atoms with Crippen LogP contribution >= 0.6 is 0 Å². The molecule has 3 heteroatoms. The first-order valence-electron chi connectivity index (χ1n) is 8.98. The first-order chi connectivity index (χ1) is 12.5. The molecule has 0 saturated heterocycles. The van der Waals surface area contributed by atoms with Crippen LogP contribution in [0.5, 0.6) is 0 Å². The van der Waals surface area contributed by atoms with Gasteiger partial charge < -0.3 is 5.84 Å². The topological polar surface area (TPSA) is 43.8 Å². The first-order valence-corrected chi connectivity index (χ1v) is 8.98. The molecule has 0 aliphatic carbocycles. The van der Waals surface area contributed by atoms with Gasteiger partial charge in [0.25, 0.3) is 0 Å². The summed E-state index contributed by atoms with van der Waals surface area (Å²) >= 11 is 0. The van der Waals surface area contributed by atoms with Crippen LogP contribution in [0, 0.1) is 6.92 Å². The molecule has 0 fully saturated rings. The Morgan fingerprint density at radius 3 is 1.85 bits per heavy atom. The summed E-state index contributed by atoms with van der Waals surface area (Å²) in [6.07, 6.45) is 0. The molecule has 3 aromatic carbocycles. The van der Waals surface area contributed by atoms with E-state index in [-0.39, 0.29) is 0 Å². The number of aromatic nitrogens is 2. The van der Waals surface area contributed by atoms with E-state index in [1.807, 2.05) is 13.0 Å². The van der Waals surface area contributed by atoms with E-state index in [4.69, 9.17) is 5.84 Å². The van der Waals surface area contributed by atoms with Crippen LogP contribution in [-0.2, 0) is 0 Å². The Hall–Kier alpha value is -3.07. The number of nitrogens with two attached hydrogens (primary N) is 1. The first kappa shape index (κ1) is 16.4. The zero-order chi connectivity index (χ0) is 18.3. The second-order valence-electron chi connectivity index (χ2n) is 7.09. The van der Waals surface area contributed by atoms with Crippen molar-refractivity contribution in [1.82, 2.24) is 9.66 Å². The van der Waals surface area contributed by atoms with Crippen molar-refractivity contribution in [2.75, 3.05) is 5.84 Å². The fraction of sp³-hybridized carbons (Fsp3) is 0.174. The predicted molar refractivity (Wildman–Crippen MR) is 110 cm³/mol. The molecule has 4 aromatic rings. The highest BCUT2D eigenvalue weighted by Gasteiger charge is 2.07. The number of rotatable bonds is 3. The third-order valence-electron chi connectivity index (χ3n) is 4.99. The predicted octanol–water partition coefficient (Wildman–Crippen LogP) is 5.52. The Morgan fingerprint density at radius 1 is 0.769 bits per heavy atom. The van der Waals surface area contributed by atoms with Crippen LogP contribution in [0.4, 0.5) is 0 Å². The number of benzene rings is 3. The summed E-state index contributed by atoms with van der Waals surface area (Å²) in [7, 11) is 0. The number of nitrogens with zero attached hydrogens (tertiary/aromatic N) is 2. The summed E-state index contributed by atoms with van der Waals surface area (Å²) < 4.78 is 1.64. The van der Waals surface area contributed by atoms with Crippen LogP contribution in [0.3, 0.4) is 0 Å².